The molecule has 0 atom stereocenters. The Morgan fingerprint density at radius 1 is 1.23 bits per heavy atom. The molecule has 2 aliphatic carbocycles. The highest BCUT2D eigenvalue weighted by Gasteiger charge is 2.32. The zero-order chi connectivity index (χ0) is 14.9. The van der Waals surface area contributed by atoms with E-state index in [0.29, 0.717) is 24.1 Å². The molecule has 0 unspecified atom stereocenters. The Morgan fingerprint density at radius 2 is 2.05 bits per heavy atom. The van der Waals surface area contributed by atoms with E-state index >= 15 is 0 Å². The number of carbonyl (C=O) groups excluding carboxylic acids is 1. The lowest BCUT2D eigenvalue weighted by molar-refractivity contribution is 0.0947. The molecule has 2 aromatic heterocycles. The summed E-state index contributed by atoms with van der Waals surface area (Å²) in [5.41, 5.74) is 3.07. The lowest BCUT2D eigenvalue weighted by Crippen LogP contribution is -2.28. The molecule has 5 heteroatoms. The lowest BCUT2D eigenvalue weighted by Gasteiger charge is -2.08. The maximum absolute atomic E-state index is 12.0. The van der Waals surface area contributed by atoms with Crippen LogP contribution in [0.15, 0.2) is 30.5 Å². The number of hydrogen-bond acceptors (Lipinski definition) is 3. The summed E-state index contributed by atoms with van der Waals surface area (Å²) >= 11 is 0. The van der Waals surface area contributed by atoms with E-state index in [4.69, 9.17) is 5.10 Å². The normalized spacial score (nSPS) is 17.5. The van der Waals surface area contributed by atoms with Crippen LogP contribution in [0.25, 0.3) is 0 Å². The molecular formula is C17H20N4O. The molecule has 22 heavy (non-hydrogen) atoms. The van der Waals surface area contributed by atoms with Crippen LogP contribution in [0.4, 0.5) is 0 Å². The third-order valence-corrected chi connectivity index (χ3v) is 4.33. The summed E-state index contributed by atoms with van der Waals surface area (Å²) in [7, 11) is 0. The number of rotatable bonds is 6. The van der Waals surface area contributed by atoms with E-state index in [0.717, 1.165) is 6.54 Å². The molecule has 2 aromatic rings. The Morgan fingerprint density at radius 3 is 2.73 bits per heavy atom. The Bertz CT molecular complexity index is 671. The van der Waals surface area contributed by atoms with Crippen molar-refractivity contribution >= 4 is 5.91 Å². The second kappa shape index (κ2) is 5.55. The standard InChI is InChI=1S/C17H20N4O/c22-17(14-3-1-2-8-18-14)19-9-10-21-16(13-6-7-13)11-15(20-21)12-4-5-12/h1-3,8,11-13H,4-7,9-10H2,(H,19,22). The molecule has 2 heterocycles. The highest BCUT2D eigenvalue weighted by molar-refractivity contribution is 5.92. The van der Waals surface area contributed by atoms with Crippen LogP contribution in [0.2, 0.25) is 0 Å². The fourth-order valence-electron chi connectivity index (χ4n) is 2.78. The van der Waals surface area contributed by atoms with Crippen LogP contribution in [-0.4, -0.2) is 27.2 Å². The molecule has 2 saturated carbocycles. The minimum atomic E-state index is -0.122. The predicted molar refractivity (Wildman–Crippen MR) is 82.7 cm³/mol. The number of nitrogens with zero attached hydrogens (tertiary/aromatic N) is 3. The van der Waals surface area contributed by atoms with Crippen LogP contribution < -0.4 is 5.32 Å². The maximum atomic E-state index is 12.0. The molecule has 0 spiro atoms. The molecule has 1 amide bonds. The van der Waals surface area contributed by atoms with Gasteiger partial charge in [0.25, 0.3) is 5.91 Å². The molecule has 1 N–H and O–H groups in total. The summed E-state index contributed by atoms with van der Waals surface area (Å²) in [5, 5.41) is 7.68. The van der Waals surface area contributed by atoms with Gasteiger partial charge in [-0.05, 0) is 43.9 Å². The summed E-state index contributed by atoms with van der Waals surface area (Å²) in [6, 6.07) is 7.64. The third-order valence-electron chi connectivity index (χ3n) is 4.33. The van der Waals surface area contributed by atoms with Gasteiger partial charge in [-0.2, -0.15) is 5.10 Å². The molecular weight excluding hydrogens is 276 g/mol. The summed E-state index contributed by atoms with van der Waals surface area (Å²) in [6.07, 6.45) is 6.73. The smallest absolute Gasteiger partial charge is 0.269 e. The summed E-state index contributed by atoms with van der Waals surface area (Å²) in [5.74, 6) is 1.25. The molecule has 0 aromatic carbocycles. The van der Waals surface area contributed by atoms with Crippen LogP contribution in [0, 0.1) is 0 Å². The Balaban J connectivity index is 1.38. The molecule has 0 radical (unpaired) electrons. The molecule has 4 rings (SSSR count). The Hall–Kier alpha value is -2.17. The first-order valence-corrected chi connectivity index (χ1v) is 8.08. The van der Waals surface area contributed by atoms with E-state index in [2.05, 4.69) is 21.0 Å². The van der Waals surface area contributed by atoms with Crippen molar-refractivity contribution < 1.29 is 4.79 Å². The summed E-state index contributed by atoms with van der Waals surface area (Å²) in [4.78, 5) is 16.0. The highest BCUT2D eigenvalue weighted by Crippen LogP contribution is 2.44. The maximum Gasteiger partial charge on any atom is 0.269 e. The van der Waals surface area contributed by atoms with Gasteiger partial charge in [-0.3, -0.25) is 14.5 Å². The van der Waals surface area contributed by atoms with Crippen molar-refractivity contribution in [3.8, 4) is 0 Å². The molecule has 0 aliphatic heterocycles. The molecule has 0 saturated heterocycles. The molecule has 0 bridgehead atoms. The van der Waals surface area contributed by atoms with E-state index in [1.807, 2.05) is 12.1 Å². The van der Waals surface area contributed by atoms with Gasteiger partial charge in [-0.25, -0.2) is 0 Å². The van der Waals surface area contributed by atoms with Crippen LogP contribution in [0.5, 0.6) is 0 Å². The van der Waals surface area contributed by atoms with Gasteiger partial charge in [-0.1, -0.05) is 6.07 Å². The van der Waals surface area contributed by atoms with Crippen molar-refractivity contribution in [1.82, 2.24) is 20.1 Å². The Labute approximate surface area is 129 Å². The van der Waals surface area contributed by atoms with Crippen molar-refractivity contribution in [3.63, 3.8) is 0 Å². The number of pyridine rings is 1. The van der Waals surface area contributed by atoms with Crippen LogP contribution in [-0.2, 0) is 6.54 Å². The first kappa shape index (κ1) is 13.5. The van der Waals surface area contributed by atoms with Crippen molar-refractivity contribution in [2.75, 3.05) is 6.54 Å². The van der Waals surface area contributed by atoms with Gasteiger partial charge >= 0.3 is 0 Å². The van der Waals surface area contributed by atoms with Gasteiger partial charge in [0, 0.05) is 30.3 Å². The molecule has 2 fully saturated rings. The zero-order valence-corrected chi connectivity index (χ0v) is 12.5. The molecule has 2 aliphatic rings. The van der Waals surface area contributed by atoms with E-state index in [1.165, 1.54) is 37.1 Å². The minimum absolute atomic E-state index is 0.122. The van der Waals surface area contributed by atoms with E-state index < -0.39 is 0 Å². The van der Waals surface area contributed by atoms with Crippen molar-refractivity contribution in [3.05, 3.63) is 47.5 Å². The number of aromatic nitrogens is 3. The number of hydrogen-bond donors (Lipinski definition) is 1. The third kappa shape index (κ3) is 2.89. The Kier molecular flexibility index (Phi) is 3.41. The van der Waals surface area contributed by atoms with Crippen molar-refractivity contribution in [2.24, 2.45) is 0 Å². The summed E-state index contributed by atoms with van der Waals surface area (Å²) < 4.78 is 2.10. The average molecular weight is 296 g/mol. The van der Waals surface area contributed by atoms with Crippen molar-refractivity contribution in [2.45, 2.75) is 44.1 Å². The second-order valence-corrected chi connectivity index (χ2v) is 6.24. The number of amides is 1. The van der Waals surface area contributed by atoms with E-state index in [-0.39, 0.29) is 5.91 Å². The SMILES string of the molecule is O=C(NCCn1nc(C2CC2)cc1C1CC1)c1ccccn1. The van der Waals surface area contributed by atoms with Gasteiger partial charge in [0.15, 0.2) is 0 Å². The van der Waals surface area contributed by atoms with Gasteiger partial charge in [0.2, 0.25) is 0 Å². The van der Waals surface area contributed by atoms with Gasteiger partial charge < -0.3 is 5.32 Å². The second-order valence-electron chi connectivity index (χ2n) is 6.24. The van der Waals surface area contributed by atoms with Crippen LogP contribution in [0.1, 0.15) is 59.4 Å². The number of carbonyl (C=O) groups is 1. The zero-order valence-electron chi connectivity index (χ0n) is 12.5. The van der Waals surface area contributed by atoms with E-state index in [1.54, 1.807) is 12.3 Å². The van der Waals surface area contributed by atoms with Crippen LogP contribution in [0.3, 0.4) is 0 Å². The first-order valence-electron chi connectivity index (χ1n) is 8.08. The first-order chi connectivity index (χ1) is 10.8. The highest BCUT2D eigenvalue weighted by atomic mass is 16.1. The average Bonchev–Trinajstić information content (AvgIpc) is 3.47. The molecule has 5 nitrogen and oxygen atoms in total. The van der Waals surface area contributed by atoms with Gasteiger partial charge in [0.1, 0.15) is 5.69 Å². The van der Waals surface area contributed by atoms with E-state index in [9.17, 15) is 4.79 Å². The fourth-order valence-corrected chi connectivity index (χ4v) is 2.78. The van der Waals surface area contributed by atoms with Crippen molar-refractivity contribution in [1.29, 1.82) is 0 Å². The van der Waals surface area contributed by atoms with Gasteiger partial charge in [-0.15, -0.1) is 0 Å². The fraction of sp³-hybridized carbons (Fsp3) is 0.471. The van der Waals surface area contributed by atoms with Gasteiger partial charge in [0.05, 0.1) is 12.2 Å². The minimum Gasteiger partial charge on any atom is -0.349 e. The van der Waals surface area contributed by atoms with Crippen LogP contribution >= 0.6 is 0 Å². The predicted octanol–water partition coefficient (Wildman–Crippen LogP) is 2.46. The largest absolute Gasteiger partial charge is 0.349 e. The summed E-state index contributed by atoms with van der Waals surface area (Å²) in [6.45, 7) is 1.32. The topological polar surface area (TPSA) is 59.8 Å². The lowest BCUT2D eigenvalue weighted by atomic mass is 10.2. The monoisotopic (exact) mass is 296 g/mol. The quantitative estimate of drug-likeness (QED) is 0.891. The number of nitrogens with one attached hydrogen (secondary N) is 1. The molecule has 114 valence electrons.